The van der Waals surface area contributed by atoms with Crippen LogP contribution in [0.15, 0.2) is 18.3 Å². The Balaban J connectivity index is 1.85. The number of anilines is 1. The topological polar surface area (TPSA) is 79.3 Å². The minimum Gasteiger partial charge on any atom is -0.477 e. The maximum Gasteiger partial charge on any atom is 0.354 e. The molecule has 0 atom stereocenters. The maximum absolute atomic E-state index is 11.8. The normalized spacial score (nSPS) is 16.0. The van der Waals surface area contributed by atoms with Crippen LogP contribution in [0, 0.1) is 5.92 Å². The molecule has 1 fully saturated rings. The molecule has 102 valence electrons. The number of carboxylic acids is 1. The first-order valence-electron chi connectivity index (χ1n) is 6.64. The molecule has 1 amide bonds. The van der Waals surface area contributed by atoms with E-state index in [2.05, 4.69) is 10.3 Å². The first-order chi connectivity index (χ1) is 9.15. The third-order valence-electron chi connectivity index (χ3n) is 3.47. The Hall–Kier alpha value is -1.91. The van der Waals surface area contributed by atoms with E-state index in [1.165, 1.54) is 31.5 Å². The number of amides is 1. The summed E-state index contributed by atoms with van der Waals surface area (Å²) in [7, 11) is 0. The highest BCUT2D eigenvalue weighted by Gasteiger charge is 2.17. The van der Waals surface area contributed by atoms with E-state index in [0.717, 1.165) is 12.8 Å². The molecule has 19 heavy (non-hydrogen) atoms. The quantitative estimate of drug-likeness (QED) is 0.874. The second-order valence-corrected chi connectivity index (χ2v) is 4.99. The number of pyridine rings is 1. The van der Waals surface area contributed by atoms with Crippen molar-refractivity contribution in [2.45, 2.75) is 38.5 Å². The molecule has 2 rings (SSSR count). The molecule has 2 N–H and O–H groups in total. The number of nitrogens with zero attached hydrogens (tertiary/aromatic N) is 1. The van der Waals surface area contributed by atoms with Gasteiger partial charge in [-0.2, -0.15) is 0 Å². The zero-order valence-corrected chi connectivity index (χ0v) is 10.8. The fraction of sp³-hybridized carbons (Fsp3) is 0.500. The summed E-state index contributed by atoms with van der Waals surface area (Å²) in [6, 6.07) is 2.95. The van der Waals surface area contributed by atoms with Crippen molar-refractivity contribution in [3.05, 3.63) is 24.0 Å². The molecule has 1 aliphatic rings. The number of aromatic carboxylic acids is 1. The number of aromatic nitrogens is 1. The van der Waals surface area contributed by atoms with Crippen LogP contribution in [0.25, 0.3) is 0 Å². The van der Waals surface area contributed by atoms with Crippen molar-refractivity contribution < 1.29 is 14.7 Å². The van der Waals surface area contributed by atoms with Crippen LogP contribution in [0.5, 0.6) is 0 Å². The van der Waals surface area contributed by atoms with Crippen molar-refractivity contribution >= 4 is 17.6 Å². The first kappa shape index (κ1) is 13.5. The Kier molecular flexibility index (Phi) is 4.49. The summed E-state index contributed by atoms with van der Waals surface area (Å²) in [6.45, 7) is 0. The fourth-order valence-corrected chi connectivity index (χ4v) is 2.46. The first-order valence-corrected chi connectivity index (χ1v) is 6.64. The van der Waals surface area contributed by atoms with Crippen LogP contribution < -0.4 is 5.32 Å². The van der Waals surface area contributed by atoms with Gasteiger partial charge in [0, 0.05) is 6.42 Å². The van der Waals surface area contributed by atoms with Crippen LogP contribution in [0.3, 0.4) is 0 Å². The zero-order chi connectivity index (χ0) is 13.7. The van der Waals surface area contributed by atoms with Crippen LogP contribution in [0.4, 0.5) is 5.69 Å². The van der Waals surface area contributed by atoms with Gasteiger partial charge in [-0.1, -0.05) is 19.3 Å². The van der Waals surface area contributed by atoms with E-state index in [4.69, 9.17) is 5.11 Å². The van der Waals surface area contributed by atoms with E-state index in [9.17, 15) is 9.59 Å². The molecule has 1 aromatic rings. The van der Waals surface area contributed by atoms with Crippen molar-refractivity contribution in [1.82, 2.24) is 4.98 Å². The van der Waals surface area contributed by atoms with E-state index in [1.54, 1.807) is 6.07 Å². The third kappa shape index (κ3) is 4.05. The average molecular weight is 262 g/mol. The number of hydrogen-bond donors (Lipinski definition) is 2. The summed E-state index contributed by atoms with van der Waals surface area (Å²) in [5.41, 5.74) is 0.524. The molecule has 0 unspecified atom stereocenters. The van der Waals surface area contributed by atoms with Crippen LogP contribution in [-0.2, 0) is 4.79 Å². The minimum atomic E-state index is -1.07. The highest BCUT2D eigenvalue weighted by atomic mass is 16.4. The van der Waals surface area contributed by atoms with Crippen LogP contribution in [0.2, 0.25) is 0 Å². The molecule has 1 saturated carbocycles. The maximum atomic E-state index is 11.8. The number of carbonyl (C=O) groups excluding carboxylic acids is 1. The van der Waals surface area contributed by atoms with Gasteiger partial charge in [-0.25, -0.2) is 9.78 Å². The number of carboxylic acid groups (broad SMARTS) is 1. The molecule has 0 aromatic carbocycles. The fourth-order valence-electron chi connectivity index (χ4n) is 2.46. The lowest BCUT2D eigenvalue weighted by Crippen LogP contribution is -2.18. The van der Waals surface area contributed by atoms with Gasteiger partial charge in [0.15, 0.2) is 0 Å². The Morgan fingerprint density at radius 3 is 2.58 bits per heavy atom. The van der Waals surface area contributed by atoms with E-state index in [0.29, 0.717) is 18.0 Å². The summed E-state index contributed by atoms with van der Waals surface area (Å²) < 4.78 is 0. The Morgan fingerprint density at radius 1 is 1.26 bits per heavy atom. The smallest absolute Gasteiger partial charge is 0.354 e. The summed E-state index contributed by atoms with van der Waals surface area (Å²) >= 11 is 0. The summed E-state index contributed by atoms with van der Waals surface area (Å²) in [4.78, 5) is 26.3. The number of carbonyl (C=O) groups is 2. The number of nitrogens with one attached hydrogen (secondary N) is 1. The monoisotopic (exact) mass is 262 g/mol. The van der Waals surface area contributed by atoms with Crippen molar-refractivity contribution in [2.75, 3.05) is 5.32 Å². The van der Waals surface area contributed by atoms with Crippen molar-refractivity contribution in [2.24, 2.45) is 5.92 Å². The lowest BCUT2D eigenvalue weighted by atomic mass is 9.87. The van der Waals surface area contributed by atoms with Gasteiger partial charge in [-0.15, -0.1) is 0 Å². The third-order valence-corrected chi connectivity index (χ3v) is 3.47. The highest BCUT2D eigenvalue weighted by molar-refractivity contribution is 5.91. The number of rotatable bonds is 4. The molecule has 0 aliphatic heterocycles. The largest absolute Gasteiger partial charge is 0.477 e. The molecular weight excluding hydrogens is 244 g/mol. The Bertz CT molecular complexity index is 450. The minimum absolute atomic E-state index is 0.0169. The van der Waals surface area contributed by atoms with Gasteiger partial charge in [0.2, 0.25) is 5.91 Å². The van der Waals surface area contributed by atoms with Gasteiger partial charge in [0.25, 0.3) is 0 Å². The highest BCUT2D eigenvalue weighted by Crippen LogP contribution is 2.26. The molecule has 0 saturated heterocycles. The van der Waals surface area contributed by atoms with Crippen molar-refractivity contribution in [1.29, 1.82) is 0 Å². The van der Waals surface area contributed by atoms with Crippen LogP contribution >= 0.6 is 0 Å². The van der Waals surface area contributed by atoms with E-state index < -0.39 is 5.97 Å². The molecule has 0 bridgehead atoms. The van der Waals surface area contributed by atoms with Gasteiger partial charge in [-0.05, 0) is 30.9 Å². The molecule has 0 spiro atoms. The Labute approximate surface area is 112 Å². The van der Waals surface area contributed by atoms with Crippen LogP contribution in [0.1, 0.15) is 49.0 Å². The predicted octanol–water partition coefficient (Wildman–Crippen LogP) is 2.69. The molecule has 1 aromatic heterocycles. The van der Waals surface area contributed by atoms with E-state index in [1.807, 2.05) is 0 Å². The SMILES string of the molecule is O=C(CC1CCCCC1)Nc1ccc(C(=O)O)nc1. The molecule has 1 heterocycles. The molecule has 5 heteroatoms. The van der Waals surface area contributed by atoms with Gasteiger partial charge >= 0.3 is 5.97 Å². The molecule has 5 nitrogen and oxygen atoms in total. The second kappa shape index (κ2) is 6.31. The Morgan fingerprint density at radius 2 is 2.00 bits per heavy atom. The molecule has 1 aliphatic carbocycles. The van der Waals surface area contributed by atoms with Gasteiger partial charge < -0.3 is 10.4 Å². The average Bonchev–Trinajstić information content (AvgIpc) is 2.40. The number of hydrogen-bond acceptors (Lipinski definition) is 3. The zero-order valence-electron chi connectivity index (χ0n) is 10.8. The van der Waals surface area contributed by atoms with Gasteiger partial charge in [0.1, 0.15) is 5.69 Å². The summed E-state index contributed by atoms with van der Waals surface area (Å²) in [6.07, 6.45) is 7.88. The lowest BCUT2D eigenvalue weighted by molar-refractivity contribution is -0.117. The molecule has 0 radical (unpaired) electrons. The van der Waals surface area contributed by atoms with E-state index in [-0.39, 0.29) is 11.6 Å². The van der Waals surface area contributed by atoms with Crippen molar-refractivity contribution in [3.8, 4) is 0 Å². The van der Waals surface area contributed by atoms with Gasteiger partial charge in [0.05, 0.1) is 11.9 Å². The van der Waals surface area contributed by atoms with Gasteiger partial charge in [-0.3, -0.25) is 4.79 Å². The lowest BCUT2D eigenvalue weighted by Gasteiger charge is -2.20. The van der Waals surface area contributed by atoms with E-state index >= 15 is 0 Å². The van der Waals surface area contributed by atoms with Crippen LogP contribution in [-0.4, -0.2) is 22.0 Å². The predicted molar refractivity (Wildman–Crippen MR) is 71.0 cm³/mol. The van der Waals surface area contributed by atoms with Crippen molar-refractivity contribution in [3.63, 3.8) is 0 Å². The summed E-state index contributed by atoms with van der Waals surface area (Å²) in [5, 5.41) is 11.5. The molecular formula is C14H18N2O3. The second-order valence-electron chi connectivity index (χ2n) is 4.99. The summed E-state index contributed by atoms with van der Waals surface area (Å²) in [5.74, 6) is -0.600. The standard InChI is InChI=1S/C14H18N2O3/c17-13(8-10-4-2-1-3-5-10)16-11-6-7-12(14(18)19)15-9-11/h6-7,9-10H,1-5,8H2,(H,16,17)(H,18,19).